The predicted molar refractivity (Wildman–Crippen MR) is 89.5 cm³/mol. The van der Waals surface area contributed by atoms with Crippen LogP contribution in [-0.2, 0) is 0 Å². The fraction of sp³-hybridized carbons (Fsp3) is 0.647. The number of benzene rings is 1. The van der Waals surface area contributed by atoms with Crippen LogP contribution in [0.4, 0.5) is 5.69 Å². The van der Waals surface area contributed by atoms with Crippen LogP contribution in [0.1, 0.15) is 44.6 Å². The van der Waals surface area contributed by atoms with Gasteiger partial charge in [-0.05, 0) is 73.1 Å². The standard InChI is InChI=1S/C17H25BrN2/c1-3-19-13-10-14-7-5-8-15(11-13)20(14)16-9-4-6-12(2)17(16)18/h4,6,9,13-15,19H,3,5,7-8,10-11H2,1-2H3. The van der Waals surface area contributed by atoms with Gasteiger partial charge in [0.25, 0.3) is 0 Å². The molecule has 110 valence electrons. The fourth-order valence-corrected chi connectivity index (χ4v) is 4.53. The van der Waals surface area contributed by atoms with E-state index >= 15 is 0 Å². The van der Waals surface area contributed by atoms with Crippen molar-refractivity contribution in [2.75, 3.05) is 11.4 Å². The Bertz CT molecular complexity index is 460. The summed E-state index contributed by atoms with van der Waals surface area (Å²) < 4.78 is 1.29. The summed E-state index contributed by atoms with van der Waals surface area (Å²) in [6.45, 7) is 5.51. The van der Waals surface area contributed by atoms with Gasteiger partial charge >= 0.3 is 0 Å². The summed E-state index contributed by atoms with van der Waals surface area (Å²) in [5, 5.41) is 3.67. The van der Waals surface area contributed by atoms with E-state index in [1.807, 2.05) is 0 Å². The lowest BCUT2D eigenvalue weighted by atomic mass is 9.81. The van der Waals surface area contributed by atoms with Gasteiger partial charge in [0.15, 0.2) is 0 Å². The van der Waals surface area contributed by atoms with Crippen molar-refractivity contribution in [1.82, 2.24) is 5.32 Å². The van der Waals surface area contributed by atoms with Crippen LogP contribution >= 0.6 is 15.9 Å². The van der Waals surface area contributed by atoms with Gasteiger partial charge in [0.1, 0.15) is 0 Å². The van der Waals surface area contributed by atoms with Gasteiger partial charge < -0.3 is 10.2 Å². The maximum atomic E-state index is 3.81. The second-order valence-corrected chi connectivity index (χ2v) is 7.07. The van der Waals surface area contributed by atoms with Crippen molar-refractivity contribution in [2.24, 2.45) is 0 Å². The smallest absolute Gasteiger partial charge is 0.0518 e. The van der Waals surface area contributed by atoms with Gasteiger partial charge in [0.2, 0.25) is 0 Å². The van der Waals surface area contributed by atoms with Crippen molar-refractivity contribution in [3.8, 4) is 0 Å². The molecular weight excluding hydrogens is 312 g/mol. The third-order valence-corrected chi connectivity index (χ3v) is 5.95. The maximum Gasteiger partial charge on any atom is 0.0518 e. The lowest BCUT2D eigenvalue weighted by Gasteiger charge is -2.51. The number of nitrogens with zero attached hydrogens (tertiary/aromatic N) is 1. The molecule has 0 aliphatic carbocycles. The Kier molecular flexibility index (Phi) is 4.37. The molecule has 2 fully saturated rings. The van der Waals surface area contributed by atoms with Crippen LogP contribution in [0.3, 0.4) is 0 Å². The fourth-order valence-electron chi connectivity index (χ4n) is 4.06. The predicted octanol–water partition coefficient (Wildman–Crippen LogP) is 4.26. The second-order valence-electron chi connectivity index (χ2n) is 6.28. The zero-order chi connectivity index (χ0) is 14.1. The molecule has 3 rings (SSSR count). The van der Waals surface area contributed by atoms with Crippen LogP contribution in [0.2, 0.25) is 0 Å². The topological polar surface area (TPSA) is 15.3 Å². The number of fused-ring (bicyclic) bond motifs is 2. The van der Waals surface area contributed by atoms with Crippen molar-refractivity contribution in [2.45, 2.75) is 64.1 Å². The first kappa shape index (κ1) is 14.4. The van der Waals surface area contributed by atoms with Crippen LogP contribution in [-0.4, -0.2) is 24.7 Å². The van der Waals surface area contributed by atoms with Crippen LogP contribution in [0, 0.1) is 6.92 Å². The summed E-state index contributed by atoms with van der Waals surface area (Å²) in [5.41, 5.74) is 2.75. The van der Waals surface area contributed by atoms with E-state index in [-0.39, 0.29) is 0 Å². The van der Waals surface area contributed by atoms with Gasteiger partial charge in [-0.15, -0.1) is 0 Å². The van der Waals surface area contributed by atoms with Crippen molar-refractivity contribution >= 4 is 21.6 Å². The summed E-state index contributed by atoms with van der Waals surface area (Å²) in [6, 6.07) is 8.82. The molecule has 0 aromatic heterocycles. The highest BCUT2D eigenvalue weighted by molar-refractivity contribution is 9.10. The van der Waals surface area contributed by atoms with E-state index in [0.717, 1.165) is 12.6 Å². The van der Waals surface area contributed by atoms with Crippen LogP contribution in [0.25, 0.3) is 0 Å². The molecule has 20 heavy (non-hydrogen) atoms. The number of hydrogen-bond donors (Lipinski definition) is 1. The van der Waals surface area contributed by atoms with Gasteiger partial charge in [0.05, 0.1) is 5.69 Å². The lowest BCUT2D eigenvalue weighted by molar-refractivity contribution is 0.247. The average Bonchev–Trinajstić information content (AvgIpc) is 2.42. The normalized spacial score (nSPS) is 29.6. The van der Waals surface area contributed by atoms with E-state index in [9.17, 15) is 0 Å². The number of rotatable bonds is 3. The van der Waals surface area contributed by atoms with Crippen molar-refractivity contribution < 1.29 is 0 Å². The molecule has 1 N–H and O–H groups in total. The average molecular weight is 337 g/mol. The molecule has 2 nitrogen and oxygen atoms in total. The minimum Gasteiger partial charge on any atom is -0.365 e. The quantitative estimate of drug-likeness (QED) is 0.887. The first-order chi connectivity index (χ1) is 9.70. The zero-order valence-corrected chi connectivity index (χ0v) is 14.1. The third-order valence-electron chi connectivity index (χ3n) is 4.92. The Labute approximate surface area is 131 Å². The third kappa shape index (κ3) is 2.62. The number of anilines is 1. The minimum absolute atomic E-state index is 0.713. The summed E-state index contributed by atoms with van der Waals surface area (Å²) in [4.78, 5) is 2.72. The molecule has 2 bridgehead atoms. The molecule has 2 aliphatic heterocycles. The molecule has 0 saturated carbocycles. The van der Waals surface area contributed by atoms with Gasteiger partial charge in [-0.25, -0.2) is 0 Å². The molecule has 0 amide bonds. The van der Waals surface area contributed by atoms with E-state index in [0.29, 0.717) is 12.1 Å². The lowest BCUT2D eigenvalue weighted by Crippen LogP contribution is -2.56. The summed E-state index contributed by atoms with van der Waals surface area (Å²) in [5.74, 6) is 0. The Balaban J connectivity index is 1.88. The monoisotopic (exact) mass is 336 g/mol. The van der Waals surface area contributed by atoms with Crippen molar-refractivity contribution in [3.05, 3.63) is 28.2 Å². The second kappa shape index (κ2) is 6.07. The van der Waals surface area contributed by atoms with Crippen LogP contribution in [0.5, 0.6) is 0 Å². The largest absolute Gasteiger partial charge is 0.365 e. The summed E-state index contributed by atoms with van der Waals surface area (Å²) in [7, 11) is 0. The zero-order valence-electron chi connectivity index (χ0n) is 12.5. The molecule has 2 atom stereocenters. The number of halogens is 1. The Morgan fingerprint density at radius 3 is 2.60 bits per heavy atom. The van der Waals surface area contributed by atoms with E-state index in [2.05, 4.69) is 58.2 Å². The van der Waals surface area contributed by atoms with Gasteiger partial charge in [-0.1, -0.05) is 19.1 Å². The number of piperidine rings is 2. The molecule has 1 aromatic carbocycles. The molecule has 2 unspecified atom stereocenters. The number of aryl methyl sites for hydroxylation is 1. The first-order valence-corrected chi connectivity index (χ1v) is 8.76. The van der Waals surface area contributed by atoms with E-state index in [1.54, 1.807) is 0 Å². The Morgan fingerprint density at radius 1 is 1.25 bits per heavy atom. The molecule has 1 aromatic rings. The van der Waals surface area contributed by atoms with Gasteiger partial charge in [-0.2, -0.15) is 0 Å². The van der Waals surface area contributed by atoms with Crippen molar-refractivity contribution in [3.63, 3.8) is 0 Å². The number of nitrogens with one attached hydrogen (secondary N) is 1. The summed E-state index contributed by atoms with van der Waals surface area (Å²) >= 11 is 3.81. The molecular formula is C17H25BrN2. The Hall–Kier alpha value is -0.540. The highest BCUT2D eigenvalue weighted by Gasteiger charge is 2.38. The molecule has 3 heteroatoms. The number of hydrogen-bond acceptors (Lipinski definition) is 2. The molecule has 2 aliphatic rings. The van der Waals surface area contributed by atoms with E-state index < -0.39 is 0 Å². The SMILES string of the molecule is CCNC1CC2CCCC(C1)N2c1cccc(C)c1Br. The van der Waals surface area contributed by atoms with E-state index in [4.69, 9.17) is 0 Å². The Morgan fingerprint density at radius 2 is 1.95 bits per heavy atom. The molecule has 0 radical (unpaired) electrons. The van der Waals surface area contributed by atoms with Gasteiger partial charge in [-0.3, -0.25) is 0 Å². The van der Waals surface area contributed by atoms with E-state index in [1.165, 1.54) is 47.8 Å². The van der Waals surface area contributed by atoms with Crippen LogP contribution < -0.4 is 10.2 Å². The summed E-state index contributed by atoms with van der Waals surface area (Å²) in [6.07, 6.45) is 6.68. The van der Waals surface area contributed by atoms with Crippen LogP contribution in [0.15, 0.2) is 22.7 Å². The highest BCUT2D eigenvalue weighted by atomic mass is 79.9. The maximum absolute atomic E-state index is 3.81. The van der Waals surface area contributed by atoms with Crippen molar-refractivity contribution in [1.29, 1.82) is 0 Å². The molecule has 2 saturated heterocycles. The molecule has 2 heterocycles. The van der Waals surface area contributed by atoms with Gasteiger partial charge in [0, 0.05) is 22.6 Å². The first-order valence-electron chi connectivity index (χ1n) is 7.97. The minimum atomic E-state index is 0.713. The highest BCUT2D eigenvalue weighted by Crippen LogP contribution is 2.41. The molecule has 0 spiro atoms.